The maximum absolute atomic E-state index is 4.66. The molecule has 1 aromatic heterocycles. The maximum atomic E-state index is 4.66. The molecular formula is C13H23N3. The minimum absolute atomic E-state index is 0.439. The van der Waals surface area contributed by atoms with Crippen molar-refractivity contribution in [3.05, 3.63) is 11.8 Å². The SMILES string of the molecule is CC(C)c1cn(C(C)C)nc1NC1CCC1. The van der Waals surface area contributed by atoms with Gasteiger partial charge in [-0.1, -0.05) is 13.8 Å². The number of rotatable bonds is 4. The van der Waals surface area contributed by atoms with E-state index in [9.17, 15) is 0 Å². The number of hydrogen-bond acceptors (Lipinski definition) is 2. The van der Waals surface area contributed by atoms with Gasteiger partial charge in [-0.15, -0.1) is 0 Å². The Labute approximate surface area is 98.2 Å². The zero-order valence-electron chi connectivity index (χ0n) is 10.8. The first-order valence-electron chi connectivity index (χ1n) is 6.43. The summed E-state index contributed by atoms with van der Waals surface area (Å²) in [5.41, 5.74) is 1.35. The lowest BCUT2D eigenvalue weighted by Crippen LogP contribution is -2.27. The summed E-state index contributed by atoms with van der Waals surface area (Å²) in [4.78, 5) is 0. The molecule has 90 valence electrons. The van der Waals surface area contributed by atoms with Gasteiger partial charge in [-0.25, -0.2) is 0 Å². The van der Waals surface area contributed by atoms with Crippen LogP contribution in [0.25, 0.3) is 0 Å². The molecule has 0 amide bonds. The van der Waals surface area contributed by atoms with Crippen LogP contribution in [0.3, 0.4) is 0 Å². The highest BCUT2D eigenvalue weighted by Gasteiger charge is 2.21. The molecule has 2 rings (SSSR count). The highest BCUT2D eigenvalue weighted by Crippen LogP contribution is 2.28. The van der Waals surface area contributed by atoms with Gasteiger partial charge < -0.3 is 5.32 Å². The minimum Gasteiger partial charge on any atom is -0.366 e. The van der Waals surface area contributed by atoms with Gasteiger partial charge in [0.15, 0.2) is 5.82 Å². The van der Waals surface area contributed by atoms with Gasteiger partial charge in [-0.3, -0.25) is 4.68 Å². The molecule has 0 unspecified atom stereocenters. The van der Waals surface area contributed by atoms with E-state index >= 15 is 0 Å². The van der Waals surface area contributed by atoms with Gasteiger partial charge in [0.1, 0.15) is 0 Å². The van der Waals surface area contributed by atoms with Crippen molar-refractivity contribution in [2.24, 2.45) is 0 Å². The topological polar surface area (TPSA) is 29.9 Å². The Hall–Kier alpha value is -0.990. The monoisotopic (exact) mass is 221 g/mol. The van der Waals surface area contributed by atoms with E-state index in [0.29, 0.717) is 18.0 Å². The molecule has 0 bridgehead atoms. The van der Waals surface area contributed by atoms with Crippen LogP contribution in [0.2, 0.25) is 0 Å². The molecule has 0 saturated heterocycles. The quantitative estimate of drug-likeness (QED) is 0.842. The molecule has 3 heteroatoms. The third-order valence-electron chi connectivity index (χ3n) is 3.36. The van der Waals surface area contributed by atoms with E-state index in [4.69, 9.17) is 0 Å². The lowest BCUT2D eigenvalue weighted by atomic mass is 9.93. The van der Waals surface area contributed by atoms with Crippen molar-refractivity contribution in [1.29, 1.82) is 0 Å². The first-order chi connectivity index (χ1) is 7.58. The van der Waals surface area contributed by atoms with E-state index in [1.807, 2.05) is 0 Å². The van der Waals surface area contributed by atoms with Crippen LogP contribution in [0.15, 0.2) is 6.20 Å². The van der Waals surface area contributed by atoms with Gasteiger partial charge >= 0.3 is 0 Å². The molecule has 16 heavy (non-hydrogen) atoms. The average Bonchev–Trinajstić information content (AvgIpc) is 2.55. The maximum Gasteiger partial charge on any atom is 0.151 e. The second-order valence-electron chi connectivity index (χ2n) is 5.43. The molecular weight excluding hydrogens is 198 g/mol. The number of nitrogens with one attached hydrogen (secondary N) is 1. The smallest absolute Gasteiger partial charge is 0.151 e. The summed E-state index contributed by atoms with van der Waals surface area (Å²) in [6.45, 7) is 8.80. The largest absolute Gasteiger partial charge is 0.366 e. The number of hydrogen-bond donors (Lipinski definition) is 1. The van der Waals surface area contributed by atoms with Gasteiger partial charge in [0.25, 0.3) is 0 Å². The van der Waals surface area contributed by atoms with Crippen LogP contribution in [0.1, 0.15) is 64.5 Å². The van der Waals surface area contributed by atoms with Crippen LogP contribution < -0.4 is 5.32 Å². The molecule has 0 aliphatic heterocycles. The standard InChI is InChI=1S/C13H23N3/c1-9(2)12-8-16(10(3)4)15-13(12)14-11-6-5-7-11/h8-11H,5-7H2,1-4H3,(H,14,15). The summed E-state index contributed by atoms with van der Waals surface area (Å²) in [5, 5.41) is 8.23. The van der Waals surface area contributed by atoms with Crippen molar-refractivity contribution in [3.8, 4) is 0 Å². The van der Waals surface area contributed by atoms with E-state index in [1.165, 1.54) is 24.8 Å². The van der Waals surface area contributed by atoms with E-state index in [1.54, 1.807) is 0 Å². The predicted octanol–water partition coefficient (Wildman–Crippen LogP) is 3.55. The van der Waals surface area contributed by atoms with Crippen LogP contribution >= 0.6 is 0 Å². The molecule has 1 aromatic rings. The third-order valence-corrected chi connectivity index (χ3v) is 3.36. The van der Waals surface area contributed by atoms with E-state index in [2.05, 4.69) is 49.0 Å². The van der Waals surface area contributed by atoms with Crippen molar-refractivity contribution in [3.63, 3.8) is 0 Å². The first-order valence-corrected chi connectivity index (χ1v) is 6.43. The van der Waals surface area contributed by atoms with Crippen LogP contribution in [-0.2, 0) is 0 Å². The highest BCUT2D eigenvalue weighted by molar-refractivity contribution is 5.46. The highest BCUT2D eigenvalue weighted by atomic mass is 15.3. The van der Waals surface area contributed by atoms with E-state index in [0.717, 1.165) is 5.82 Å². The Morgan fingerprint density at radius 1 is 1.31 bits per heavy atom. The first kappa shape index (κ1) is 11.5. The van der Waals surface area contributed by atoms with Crippen molar-refractivity contribution in [1.82, 2.24) is 9.78 Å². The van der Waals surface area contributed by atoms with E-state index in [-0.39, 0.29) is 0 Å². The second kappa shape index (κ2) is 4.48. The molecule has 1 aliphatic rings. The van der Waals surface area contributed by atoms with Gasteiger partial charge in [-0.2, -0.15) is 5.10 Å². The van der Waals surface area contributed by atoms with Crippen LogP contribution in [-0.4, -0.2) is 15.8 Å². The second-order valence-corrected chi connectivity index (χ2v) is 5.43. The van der Waals surface area contributed by atoms with Crippen LogP contribution in [0.5, 0.6) is 0 Å². The summed E-state index contributed by atoms with van der Waals surface area (Å²) >= 11 is 0. The van der Waals surface area contributed by atoms with Gasteiger partial charge in [0.2, 0.25) is 0 Å². The molecule has 0 aromatic carbocycles. The van der Waals surface area contributed by atoms with Crippen molar-refractivity contribution in [2.75, 3.05) is 5.32 Å². The molecule has 1 aliphatic carbocycles. The molecule has 0 radical (unpaired) electrons. The van der Waals surface area contributed by atoms with Gasteiger partial charge in [-0.05, 0) is 39.0 Å². The third kappa shape index (κ3) is 2.23. The fourth-order valence-corrected chi connectivity index (χ4v) is 1.95. The molecule has 0 spiro atoms. The molecule has 1 heterocycles. The zero-order valence-corrected chi connectivity index (χ0v) is 10.8. The number of anilines is 1. The summed E-state index contributed by atoms with van der Waals surface area (Å²) < 4.78 is 2.07. The van der Waals surface area contributed by atoms with Crippen LogP contribution in [0.4, 0.5) is 5.82 Å². The van der Waals surface area contributed by atoms with Gasteiger partial charge in [0, 0.05) is 23.8 Å². The lowest BCUT2D eigenvalue weighted by Gasteiger charge is -2.27. The minimum atomic E-state index is 0.439. The summed E-state index contributed by atoms with van der Waals surface area (Å²) in [7, 11) is 0. The predicted molar refractivity (Wildman–Crippen MR) is 68.0 cm³/mol. The fraction of sp³-hybridized carbons (Fsp3) is 0.769. The summed E-state index contributed by atoms with van der Waals surface area (Å²) in [5.74, 6) is 1.64. The molecule has 0 atom stereocenters. The number of nitrogens with zero attached hydrogens (tertiary/aromatic N) is 2. The van der Waals surface area contributed by atoms with Crippen LogP contribution in [0, 0.1) is 0 Å². The molecule has 1 fully saturated rings. The Balaban J connectivity index is 2.18. The van der Waals surface area contributed by atoms with Crippen molar-refractivity contribution in [2.45, 2.75) is 65.0 Å². The Morgan fingerprint density at radius 3 is 2.44 bits per heavy atom. The van der Waals surface area contributed by atoms with Crippen molar-refractivity contribution < 1.29 is 0 Å². The molecule has 1 N–H and O–H groups in total. The molecule has 3 nitrogen and oxygen atoms in total. The van der Waals surface area contributed by atoms with E-state index < -0.39 is 0 Å². The van der Waals surface area contributed by atoms with Crippen molar-refractivity contribution >= 4 is 5.82 Å². The Morgan fingerprint density at radius 2 is 2.00 bits per heavy atom. The summed E-state index contributed by atoms with van der Waals surface area (Å²) in [6, 6.07) is 1.10. The Bertz CT molecular complexity index is 348. The fourth-order valence-electron chi connectivity index (χ4n) is 1.95. The summed E-state index contributed by atoms with van der Waals surface area (Å²) in [6.07, 6.45) is 6.15. The van der Waals surface area contributed by atoms with Gasteiger partial charge in [0.05, 0.1) is 0 Å². The Kier molecular flexibility index (Phi) is 3.22. The molecule has 1 saturated carbocycles. The zero-order chi connectivity index (χ0) is 11.7. The normalized spacial score (nSPS) is 16.9. The average molecular weight is 221 g/mol. The number of aromatic nitrogens is 2. The lowest BCUT2D eigenvalue weighted by molar-refractivity contribution is 0.442.